The Hall–Kier alpha value is -4.52. The van der Waals surface area contributed by atoms with Crippen LogP contribution in [0.15, 0.2) is 48.5 Å². The first-order valence-corrected chi connectivity index (χ1v) is 12.9. The van der Waals surface area contributed by atoms with Gasteiger partial charge >= 0.3 is 12.1 Å². The lowest BCUT2D eigenvalue weighted by Gasteiger charge is -2.30. The van der Waals surface area contributed by atoms with Crippen molar-refractivity contribution in [2.45, 2.75) is 65.1 Å². The van der Waals surface area contributed by atoms with Gasteiger partial charge in [-0.05, 0) is 57.9 Å². The van der Waals surface area contributed by atoms with Crippen LogP contribution < -0.4 is 10.6 Å². The first kappa shape index (κ1) is 31.7. The minimum atomic E-state index is -1.26. The summed E-state index contributed by atoms with van der Waals surface area (Å²) in [5, 5.41) is 14.9. The molecular formula is C30H37N3O7. The number of ether oxygens (including phenoxy) is 2. The summed E-state index contributed by atoms with van der Waals surface area (Å²) in [5.41, 5.74) is 1.16. The van der Waals surface area contributed by atoms with Crippen molar-refractivity contribution >= 4 is 23.9 Å². The first-order valence-electron chi connectivity index (χ1n) is 12.9. The van der Waals surface area contributed by atoms with Crippen LogP contribution in [0.1, 0.15) is 56.8 Å². The van der Waals surface area contributed by atoms with Crippen molar-refractivity contribution in [1.82, 2.24) is 15.5 Å². The zero-order chi connectivity index (χ0) is 29.9. The molecular weight excluding hydrogens is 514 g/mol. The number of carbonyl (C=O) groups is 4. The number of hydrogen-bond acceptors (Lipinski definition) is 7. The number of phenolic OH excluding ortho intramolecular Hbond substituents is 1. The number of aromatic hydroxyl groups is 1. The van der Waals surface area contributed by atoms with Gasteiger partial charge in [-0.15, -0.1) is 0 Å². The Balaban J connectivity index is 2.41. The Bertz CT molecular complexity index is 1210. The zero-order valence-electron chi connectivity index (χ0n) is 23.5. The largest absolute Gasteiger partial charge is 0.508 e. The van der Waals surface area contributed by atoms with Gasteiger partial charge in [-0.2, -0.15) is 0 Å². The summed E-state index contributed by atoms with van der Waals surface area (Å²) < 4.78 is 10.3. The van der Waals surface area contributed by atoms with Gasteiger partial charge in [0.25, 0.3) is 5.91 Å². The van der Waals surface area contributed by atoms with Crippen molar-refractivity contribution in [1.29, 1.82) is 0 Å². The van der Waals surface area contributed by atoms with Crippen LogP contribution in [0, 0.1) is 19.4 Å². The molecule has 0 aliphatic carbocycles. The molecule has 2 unspecified atom stereocenters. The molecule has 3 amide bonds. The van der Waals surface area contributed by atoms with E-state index in [1.165, 1.54) is 12.1 Å². The van der Waals surface area contributed by atoms with E-state index in [4.69, 9.17) is 15.9 Å². The summed E-state index contributed by atoms with van der Waals surface area (Å²) in [6.45, 7) is 8.80. The molecule has 0 radical (unpaired) electrons. The highest BCUT2D eigenvalue weighted by Crippen LogP contribution is 2.23. The number of benzene rings is 2. The summed E-state index contributed by atoms with van der Waals surface area (Å²) >= 11 is 0. The van der Waals surface area contributed by atoms with Crippen molar-refractivity contribution in [3.63, 3.8) is 0 Å². The Kier molecular flexibility index (Phi) is 11.6. The number of esters is 1. The summed E-state index contributed by atoms with van der Waals surface area (Å²) in [5.74, 6) is -1.78. The minimum Gasteiger partial charge on any atom is -0.508 e. The van der Waals surface area contributed by atoms with Crippen LogP contribution in [0.5, 0.6) is 5.75 Å². The van der Waals surface area contributed by atoms with Crippen LogP contribution in [0.3, 0.4) is 0 Å². The zero-order valence-corrected chi connectivity index (χ0v) is 23.5. The van der Waals surface area contributed by atoms with Crippen LogP contribution in [0.2, 0.25) is 0 Å². The number of hydrogen-bond donors (Lipinski definition) is 3. The van der Waals surface area contributed by atoms with Crippen molar-refractivity contribution < 1.29 is 33.8 Å². The minimum absolute atomic E-state index is 0.00162. The highest BCUT2D eigenvalue weighted by atomic mass is 16.6. The molecule has 3 N–H and O–H groups in total. The van der Waals surface area contributed by atoms with Gasteiger partial charge in [0.2, 0.25) is 5.91 Å². The summed E-state index contributed by atoms with van der Waals surface area (Å²) in [6.07, 6.45) is 4.90. The van der Waals surface area contributed by atoms with E-state index in [1.807, 2.05) is 6.92 Å². The van der Waals surface area contributed by atoms with E-state index >= 15 is 0 Å². The highest BCUT2D eigenvalue weighted by Gasteiger charge is 2.36. The molecule has 0 bridgehead atoms. The van der Waals surface area contributed by atoms with Crippen molar-refractivity contribution in [3.05, 3.63) is 65.2 Å². The van der Waals surface area contributed by atoms with Gasteiger partial charge in [-0.3, -0.25) is 19.3 Å². The Labute approximate surface area is 235 Å². The molecule has 0 heterocycles. The number of nitrogens with one attached hydrogen (secondary N) is 2. The molecule has 0 spiro atoms. The second-order valence-corrected chi connectivity index (χ2v) is 10.1. The van der Waals surface area contributed by atoms with Gasteiger partial charge in [-0.1, -0.05) is 48.4 Å². The molecule has 0 saturated carbocycles. The molecule has 2 aromatic rings. The van der Waals surface area contributed by atoms with E-state index in [9.17, 15) is 24.3 Å². The molecule has 214 valence electrons. The molecule has 0 aromatic heterocycles. The maximum absolute atomic E-state index is 13.9. The van der Waals surface area contributed by atoms with Crippen LogP contribution in [0.25, 0.3) is 0 Å². The molecule has 10 nitrogen and oxygen atoms in total. The van der Waals surface area contributed by atoms with Crippen molar-refractivity contribution in [2.75, 3.05) is 13.2 Å². The molecule has 2 rings (SSSR count). The predicted octanol–water partition coefficient (Wildman–Crippen LogP) is 3.37. The SMILES string of the molecule is C#CN(C(=O)C(Cc1ccc(O)cc1)NC(=O)OC(C)(C)C)C(C(=O)NCCC(=O)OCC)c1ccc(C)cc1. The third-order valence-electron chi connectivity index (χ3n) is 5.58. The highest BCUT2D eigenvalue weighted by molar-refractivity contribution is 5.93. The van der Waals surface area contributed by atoms with Gasteiger partial charge in [0.15, 0.2) is 0 Å². The van der Waals surface area contributed by atoms with Gasteiger partial charge in [0, 0.05) is 19.0 Å². The number of alkyl carbamates (subject to hydrolysis) is 1. The lowest BCUT2D eigenvalue weighted by Crippen LogP contribution is -2.52. The van der Waals surface area contributed by atoms with E-state index in [0.717, 1.165) is 10.5 Å². The lowest BCUT2D eigenvalue weighted by atomic mass is 10.00. The van der Waals surface area contributed by atoms with E-state index in [2.05, 4.69) is 16.7 Å². The number of terminal acetylenes is 1. The van der Waals surface area contributed by atoms with Gasteiger partial charge in [0.05, 0.1) is 13.0 Å². The molecule has 0 aliphatic rings. The van der Waals surface area contributed by atoms with Gasteiger partial charge in [-0.25, -0.2) is 4.79 Å². The van der Waals surface area contributed by atoms with Gasteiger partial charge in [0.1, 0.15) is 23.4 Å². The van der Waals surface area contributed by atoms with Crippen molar-refractivity contribution in [3.8, 4) is 18.2 Å². The van der Waals surface area contributed by atoms with Crippen LogP contribution >= 0.6 is 0 Å². The van der Waals surface area contributed by atoms with E-state index < -0.39 is 41.6 Å². The topological polar surface area (TPSA) is 134 Å². The van der Waals surface area contributed by atoms with E-state index in [-0.39, 0.29) is 31.7 Å². The summed E-state index contributed by atoms with van der Waals surface area (Å²) in [7, 11) is 0. The molecule has 0 saturated heterocycles. The number of amides is 3. The molecule has 2 atom stereocenters. The number of nitrogens with zero attached hydrogens (tertiary/aromatic N) is 1. The average molecular weight is 552 g/mol. The number of carbonyl (C=O) groups excluding carboxylic acids is 4. The predicted molar refractivity (Wildman–Crippen MR) is 149 cm³/mol. The molecule has 2 aromatic carbocycles. The normalized spacial score (nSPS) is 12.3. The molecule has 0 fully saturated rings. The van der Waals surface area contributed by atoms with E-state index in [1.54, 1.807) is 64.1 Å². The van der Waals surface area contributed by atoms with Gasteiger partial charge < -0.3 is 25.2 Å². The maximum atomic E-state index is 13.9. The van der Waals surface area contributed by atoms with Crippen LogP contribution in [-0.4, -0.2) is 58.7 Å². The number of aryl methyl sites for hydroxylation is 1. The Morgan fingerprint density at radius 3 is 2.23 bits per heavy atom. The number of rotatable bonds is 11. The fraction of sp³-hybridized carbons (Fsp3) is 0.400. The fourth-order valence-electron chi connectivity index (χ4n) is 3.73. The fourth-order valence-corrected chi connectivity index (χ4v) is 3.73. The second-order valence-electron chi connectivity index (χ2n) is 10.1. The monoisotopic (exact) mass is 551 g/mol. The standard InChI is InChI=1S/C30H37N3O7/c1-7-33(26(22-13-9-20(3)10-14-22)27(36)31-18-17-25(35)39-8-2)28(37)24(32-29(38)40-30(4,5)6)19-21-11-15-23(34)16-12-21/h1,9-16,24,26,34H,8,17-19H2,2-6H3,(H,31,36)(H,32,38). The third kappa shape index (κ3) is 9.98. The second kappa shape index (κ2) is 14.6. The maximum Gasteiger partial charge on any atom is 0.408 e. The molecule has 10 heteroatoms. The third-order valence-corrected chi connectivity index (χ3v) is 5.58. The number of phenols is 1. The lowest BCUT2D eigenvalue weighted by molar-refractivity contribution is -0.143. The van der Waals surface area contributed by atoms with Crippen LogP contribution in [0.4, 0.5) is 4.79 Å². The quantitative estimate of drug-likeness (QED) is 0.221. The summed E-state index contributed by atoms with van der Waals surface area (Å²) in [6, 6.07) is 12.9. The molecule has 40 heavy (non-hydrogen) atoms. The average Bonchev–Trinajstić information content (AvgIpc) is 2.87. The van der Waals surface area contributed by atoms with E-state index in [0.29, 0.717) is 11.1 Å². The smallest absolute Gasteiger partial charge is 0.408 e. The first-order chi connectivity index (χ1) is 18.8. The Morgan fingerprint density at radius 2 is 1.68 bits per heavy atom. The van der Waals surface area contributed by atoms with Crippen molar-refractivity contribution in [2.24, 2.45) is 0 Å². The van der Waals surface area contributed by atoms with Crippen LogP contribution in [-0.2, 0) is 30.3 Å². The summed E-state index contributed by atoms with van der Waals surface area (Å²) in [4.78, 5) is 52.7. The molecule has 0 aliphatic heterocycles. The Morgan fingerprint density at radius 1 is 1.05 bits per heavy atom.